The first-order valence-corrected chi connectivity index (χ1v) is 15.0. The van der Waals surface area contributed by atoms with E-state index in [-0.39, 0.29) is 16.9 Å². The zero-order valence-electron chi connectivity index (χ0n) is 25.8. The predicted molar refractivity (Wildman–Crippen MR) is 175 cm³/mol. The van der Waals surface area contributed by atoms with Crippen LogP contribution in [0.25, 0.3) is 11.1 Å². The van der Waals surface area contributed by atoms with Crippen molar-refractivity contribution in [1.82, 2.24) is 9.88 Å². The summed E-state index contributed by atoms with van der Waals surface area (Å²) in [6.07, 6.45) is 3.91. The number of rotatable bonds is 8. The van der Waals surface area contributed by atoms with Crippen LogP contribution >= 0.6 is 0 Å². The molecule has 1 amide bonds. The highest BCUT2D eigenvalue weighted by Crippen LogP contribution is 2.30. The molecule has 7 nitrogen and oxygen atoms in total. The van der Waals surface area contributed by atoms with E-state index in [0.29, 0.717) is 17.3 Å². The van der Waals surface area contributed by atoms with E-state index < -0.39 is 0 Å². The zero-order valence-corrected chi connectivity index (χ0v) is 25.8. The van der Waals surface area contributed by atoms with Crippen molar-refractivity contribution < 1.29 is 9.53 Å². The summed E-state index contributed by atoms with van der Waals surface area (Å²) in [7, 11) is 1.75. The Morgan fingerprint density at radius 2 is 1.65 bits per heavy atom. The number of aryl methyl sites for hydroxylation is 1. The van der Waals surface area contributed by atoms with Gasteiger partial charge in [-0.1, -0.05) is 57.2 Å². The van der Waals surface area contributed by atoms with Crippen molar-refractivity contribution in [2.24, 2.45) is 7.05 Å². The van der Waals surface area contributed by atoms with Crippen molar-refractivity contribution >= 4 is 23.0 Å². The van der Waals surface area contributed by atoms with Gasteiger partial charge in [0.1, 0.15) is 5.69 Å². The molecule has 0 atom stereocenters. The highest BCUT2D eigenvalue weighted by molar-refractivity contribution is 6.05. The van der Waals surface area contributed by atoms with Gasteiger partial charge in [-0.2, -0.15) is 0 Å². The topological polar surface area (TPSA) is 84.4 Å². The third-order valence-electron chi connectivity index (χ3n) is 8.14. The molecule has 1 fully saturated rings. The second kappa shape index (κ2) is 13.0. The molecule has 0 radical (unpaired) electrons. The van der Waals surface area contributed by atoms with Gasteiger partial charge in [0.05, 0.1) is 0 Å². The molecule has 224 valence electrons. The highest BCUT2D eigenvalue weighted by atomic mass is 16.5. The Bertz CT molecular complexity index is 1630. The fourth-order valence-electron chi connectivity index (χ4n) is 5.37. The summed E-state index contributed by atoms with van der Waals surface area (Å²) in [5.74, 6) is -0.157. The highest BCUT2D eigenvalue weighted by Gasteiger charge is 2.17. The summed E-state index contributed by atoms with van der Waals surface area (Å²) in [6.45, 7) is 10.9. The van der Waals surface area contributed by atoms with Gasteiger partial charge in [0.15, 0.2) is 0 Å². The molecule has 1 aliphatic heterocycles. The first-order valence-electron chi connectivity index (χ1n) is 15.0. The van der Waals surface area contributed by atoms with Crippen LogP contribution in [0.4, 0.5) is 17.1 Å². The Labute approximate surface area is 254 Å². The van der Waals surface area contributed by atoms with E-state index in [0.717, 1.165) is 60.7 Å². The van der Waals surface area contributed by atoms with Crippen molar-refractivity contribution in [3.05, 3.63) is 112 Å². The van der Waals surface area contributed by atoms with Gasteiger partial charge in [0.2, 0.25) is 0 Å². The van der Waals surface area contributed by atoms with Crippen molar-refractivity contribution in [1.29, 1.82) is 0 Å². The van der Waals surface area contributed by atoms with Crippen LogP contribution < -0.4 is 21.5 Å². The van der Waals surface area contributed by atoms with E-state index >= 15 is 0 Å². The summed E-state index contributed by atoms with van der Waals surface area (Å²) in [4.78, 5) is 26.2. The van der Waals surface area contributed by atoms with Crippen molar-refractivity contribution in [2.75, 3.05) is 23.8 Å². The van der Waals surface area contributed by atoms with E-state index in [1.54, 1.807) is 11.6 Å². The number of anilines is 3. The summed E-state index contributed by atoms with van der Waals surface area (Å²) in [5.41, 5.74) is 7.70. The fourth-order valence-corrected chi connectivity index (χ4v) is 5.37. The van der Waals surface area contributed by atoms with Gasteiger partial charge in [-0.25, -0.2) is 0 Å². The van der Waals surface area contributed by atoms with Crippen LogP contribution in [0.5, 0.6) is 0 Å². The molecule has 0 aliphatic carbocycles. The Morgan fingerprint density at radius 3 is 2.33 bits per heavy atom. The molecule has 1 aliphatic rings. The lowest BCUT2D eigenvalue weighted by Crippen LogP contribution is -2.34. The van der Waals surface area contributed by atoms with E-state index in [1.807, 2.05) is 73.8 Å². The maximum atomic E-state index is 13.1. The van der Waals surface area contributed by atoms with Crippen LogP contribution in [0, 0.1) is 6.92 Å². The minimum absolute atomic E-state index is 0.0228. The van der Waals surface area contributed by atoms with E-state index in [9.17, 15) is 9.59 Å². The molecule has 43 heavy (non-hydrogen) atoms. The number of hydrogen-bond acceptors (Lipinski definition) is 5. The van der Waals surface area contributed by atoms with Crippen LogP contribution in [-0.2, 0) is 23.7 Å². The third-order valence-corrected chi connectivity index (χ3v) is 8.14. The van der Waals surface area contributed by atoms with E-state index in [4.69, 9.17) is 4.74 Å². The smallest absolute Gasteiger partial charge is 0.274 e. The maximum Gasteiger partial charge on any atom is 0.274 e. The summed E-state index contributed by atoms with van der Waals surface area (Å²) in [6, 6.07) is 24.1. The van der Waals surface area contributed by atoms with Gasteiger partial charge >= 0.3 is 0 Å². The van der Waals surface area contributed by atoms with Crippen LogP contribution in [0.15, 0.2) is 83.8 Å². The fraction of sp³-hybridized carbons (Fsp3) is 0.333. The van der Waals surface area contributed by atoms with Gasteiger partial charge in [-0.3, -0.25) is 9.59 Å². The molecule has 0 unspecified atom stereocenters. The number of amides is 1. The summed E-state index contributed by atoms with van der Waals surface area (Å²) in [5, 5.41) is 10.0. The Kier molecular flexibility index (Phi) is 9.14. The zero-order chi connectivity index (χ0) is 30.6. The van der Waals surface area contributed by atoms with Crippen LogP contribution in [0.1, 0.15) is 60.7 Å². The SMILES string of the molecule is Cc1c(NC(=O)c2ccc(C(C)(C)C)cc2)cccc1-c1cc(Nc2ccc(CNC3CCOCC3)cc2)c(=O)n(C)c1. The van der Waals surface area contributed by atoms with Gasteiger partial charge in [-0.15, -0.1) is 0 Å². The second-order valence-electron chi connectivity index (χ2n) is 12.4. The van der Waals surface area contributed by atoms with Crippen molar-refractivity contribution in [3.8, 4) is 11.1 Å². The number of benzene rings is 3. The minimum atomic E-state index is -0.157. The lowest BCUT2D eigenvalue weighted by molar-refractivity contribution is 0.0776. The van der Waals surface area contributed by atoms with Crippen LogP contribution in [0.2, 0.25) is 0 Å². The molecule has 4 aromatic rings. The Hall–Kier alpha value is -4.20. The normalized spacial score (nSPS) is 14.0. The Morgan fingerprint density at radius 1 is 0.953 bits per heavy atom. The van der Waals surface area contributed by atoms with E-state index in [2.05, 4.69) is 48.9 Å². The molecule has 7 heteroatoms. The van der Waals surface area contributed by atoms with Gasteiger partial charge in [0.25, 0.3) is 11.5 Å². The van der Waals surface area contributed by atoms with Gasteiger partial charge in [0, 0.05) is 61.5 Å². The molecule has 1 saturated heterocycles. The molecule has 0 bridgehead atoms. The molecule has 0 saturated carbocycles. The monoisotopic (exact) mass is 578 g/mol. The number of carbonyl (C=O) groups is 1. The minimum Gasteiger partial charge on any atom is -0.381 e. The lowest BCUT2D eigenvalue weighted by atomic mass is 9.86. The maximum absolute atomic E-state index is 13.1. The molecule has 3 aromatic carbocycles. The van der Waals surface area contributed by atoms with Gasteiger partial charge in [-0.05, 0) is 83.8 Å². The second-order valence-corrected chi connectivity index (χ2v) is 12.4. The lowest BCUT2D eigenvalue weighted by Gasteiger charge is -2.23. The standard InChI is InChI=1S/C36H42N4O3/c1-24-31(7-6-8-32(24)39-34(41)26-11-13-28(14-12-26)36(2,3)4)27-21-33(35(42)40(5)23-27)38-30-15-9-25(10-16-30)22-37-29-17-19-43-20-18-29/h6-16,21,23,29,37-38H,17-20,22H2,1-5H3,(H,39,41). The number of nitrogens with zero attached hydrogens (tertiary/aromatic N) is 1. The largest absolute Gasteiger partial charge is 0.381 e. The average molecular weight is 579 g/mol. The summed E-state index contributed by atoms with van der Waals surface area (Å²) >= 11 is 0. The molecule has 1 aromatic heterocycles. The van der Waals surface area contributed by atoms with E-state index in [1.165, 1.54) is 11.1 Å². The van der Waals surface area contributed by atoms with Crippen LogP contribution in [0.3, 0.4) is 0 Å². The van der Waals surface area contributed by atoms with Crippen LogP contribution in [-0.4, -0.2) is 29.7 Å². The van der Waals surface area contributed by atoms with Crippen molar-refractivity contribution in [3.63, 3.8) is 0 Å². The molecular formula is C36H42N4O3. The first kappa shape index (κ1) is 30.3. The average Bonchev–Trinajstić information content (AvgIpc) is 3.00. The molecular weight excluding hydrogens is 536 g/mol. The molecule has 2 heterocycles. The first-order chi connectivity index (χ1) is 20.6. The molecule has 3 N–H and O–H groups in total. The summed E-state index contributed by atoms with van der Waals surface area (Å²) < 4.78 is 7.03. The Balaban J connectivity index is 1.31. The third kappa shape index (κ3) is 7.42. The number of hydrogen-bond donors (Lipinski definition) is 3. The quantitative estimate of drug-likeness (QED) is 0.211. The van der Waals surface area contributed by atoms with Gasteiger partial charge < -0.3 is 25.3 Å². The number of pyridine rings is 1. The molecule has 0 spiro atoms. The van der Waals surface area contributed by atoms with Crippen molar-refractivity contribution in [2.45, 2.75) is 58.5 Å². The number of aromatic nitrogens is 1. The predicted octanol–water partition coefficient (Wildman–Crippen LogP) is 6.92. The molecule has 5 rings (SSSR count). The number of carbonyl (C=O) groups excluding carboxylic acids is 1. The number of nitrogens with one attached hydrogen (secondary N) is 3. The number of ether oxygens (including phenoxy) is 1.